The standard InChI is InChI=1S/C13H19N3O4S/c14-11-7-4-8-12(13(11)16(17)18)21(19,20)15-9-10-5-2-1-3-6-10/h4,7-8,10,15H,1-3,5-6,9,14H2. The molecule has 0 aromatic heterocycles. The van der Waals surface area contributed by atoms with E-state index in [2.05, 4.69) is 4.72 Å². The predicted molar refractivity (Wildman–Crippen MR) is 79.3 cm³/mol. The van der Waals surface area contributed by atoms with Crippen molar-refractivity contribution in [2.24, 2.45) is 5.92 Å². The van der Waals surface area contributed by atoms with Gasteiger partial charge in [0.2, 0.25) is 10.0 Å². The third kappa shape index (κ3) is 3.70. The lowest BCUT2D eigenvalue weighted by Crippen LogP contribution is -2.30. The van der Waals surface area contributed by atoms with Crippen LogP contribution in [0, 0.1) is 16.0 Å². The van der Waals surface area contributed by atoms with Crippen molar-refractivity contribution in [3.63, 3.8) is 0 Å². The number of sulfonamides is 1. The van der Waals surface area contributed by atoms with Crippen LogP contribution in [0.4, 0.5) is 11.4 Å². The molecular formula is C13H19N3O4S. The summed E-state index contributed by atoms with van der Waals surface area (Å²) in [5, 5.41) is 11.0. The van der Waals surface area contributed by atoms with E-state index in [0.29, 0.717) is 12.5 Å². The Hall–Kier alpha value is -1.67. The van der Waals surface area contributed by atoms with Crippen LogP contribution in [0.3, 0.4) is 0 Å². The highest BCUT2D eigenvalue weighted by Gasteiger charge is 2.28. The van der Waals surface area contributed by atoms with Crippen LogP contribution < -0.4 is 10.5 Å². The molecule has 1 aliphatic rings. The molecule has 0 radical (unpaired) electrons. The third-order valence-corrected chi connectivity index (χ3v) is 5.24. The van der Waals surface area contributed by atoms with Gasteiger partial charge in [-0.2, -0.15) is 0 Å². The van der Waals surface area contributed by atoms with Gasteiger partial charge in [0, 0.05) is 6.54 Å². The first kappa shape index (κ1) is 15.7. The Kier molecular flexibility index (Phi) is 4.79. The number of rotatable bonds is 5. The molecule has 1 aromatic rings. The van der Waals surface area contributed by atoms with Gasteiger partial charge in [-0.05, 0) is 30.9 Å². The molecule has 1 fully saturated rings. The topological polar surface area (TPSA) is 115 Å². The van der Waals surface area contributed by atoms with E-state index in [1.165, 1.54) is 24.6 Å². The SMILES string of the molecule is Nc1cccc(S(=O)(=O)NCC2CCCCC2)c1[N+](=O)[O-]. The number of hydrogen-bond acceptors (Lipinski definition) is 5. The van der Waals surface area contributed by atoms with E-state index < -0.39 is 20.6 Å². The molecule has 0 bridgehead atoms. The van der Waals surface area contributed by atoms with E-state index in [1.807, 2.05) is 0 Å². The lowest BCUT2D eigenvalue weighted by atomic mass is 9.90. The van der Waals surface area contributed by atoms with Gasteiger partial charge in [0.1, 0.15) is 5.69 Å². The van der Waals surface area contributed by atoms with Crippen LogP contribution in [0.25, 0.3) is 0 Å². The summed E-state index contributed by atoms with van der Waals surface area (Å²) < 4.78 is 27.0. The highest BCUT2D eigenvalue weighted by Crippen LogP contribution is 2.30. The van der Waals surface area contributed by atoms with Gasteiger partial charge in [0.25, 0.3) is 0 Å². The van der Waals surface area contributed by atoms with Crippen molar-refractivity contribution in [1.29, 1.82) is 0 Å². The number of nitrogens with zero attached hydrogens (tertiary/aromatic N) is 1. The molecule has 0 saturated heterocycles. The first-order chi connectivity index (χ1) is 9.92. The fourth-order valence-corrected chi connectivity index (χ4v) is 3.96. The molecule has 0 amide bonds. The van der Waals surface area contributed by atoms with Crippen LogP contribution in [0.2, 0.25) is 0 Å². The van der Waals surface area contributed by atoms with Crippen molar-refractivity contribution in [1.82, 2.24) is 4.72 Å². The molecular weight excluding hydrogens is 294 g/mol. The Labute approximate surface area is 123 Å². The summed E-state index contributed by atoms with van der Waals surface area (Å²) in [7, 11) is -3.93. The number of benzene rings is 1. The van der Waals surface area contributed by atoms with Gasteiger partial charge in [-0.15, -0.1) is 0 Å². The third-order valence-electron chi connectivity index (χ3n) is 3.79. The van der Waals surface area contributed by atoms with Crippen LogP contribution in [0.5, 0.6) is 0 Å². The van der Waals surface area contributed by atoms with Crippen LogP contribution >= 0.6 is 0 Å². The Bertz CT molecular complexity index is 624. The second kappa shape index (κ2) is 6.40. The summed E-state index contributed by atoms with van der Waals surface area (Å²) in [6.45, 7) is 0.314. The van der Waals surface area contributed by atoms with E-state index in [0.717, 1.165) is 25.7 Å². The summed E-state index contributed by atoms with van der Waals surface area (Å²) >= 11 is 0. The molecule has 1 saturated carbocycles. The summed E-state index contributed by atoms with van der Waals surface area (Å²) in [6.07, 6.45) is 5.36. The number of nitrogens with two attached hydrogens (primary N) is 1. The fourth-order valence-electron chi connectivity index (χ4n) is 2.65. The lowest BCUT2D eigenvalue weighted by molar-refractivity contribution is -0.386. The average molecular weight is 313 g/mol. The number of nitrogens with one attached hydrogen (secondary N) is 1. The highest BCUT2D eigenvalue weighted by molar-refractivity contribution is 7.89. The summed E-state index contributed by atoms with van der Waals surface area (Å²) in [4.78, 5) is 9.90. The minimum Gasteiger partial charge on any atom is -0.393 e. The van der Waals surface area contributed by atoms with Crippen molar-refractivity contribution in [3.8, 4) is 0 Å². The molecule has 1 aliphatic carbocycles. The number of nitro benzene ring substituents is 1. The molecule has 2 rings (SSSR count). The number of anilines is 1. The van der Waals surface area contributed by atoms with Crippen molar-refractivity contribution >= 4 is 21.4 Å². The van der Waals surface area contributed by atoms with E-state index in [9.17, 15) is 18.5 Å². The van der Waals surface area contributed by atoms with E-state index in [-0.39, 0.29) is 10.6 Å². The van der Waals surface area contributed by atoms with Gasteiger partial charge < -0.3 is 5.73 Å². The molecule has 1 aromatic carbocycles. The normalized spacial score (nSPS) is 16.8. The van der Waals surface area contributed by atoms with Gasteiger partial charge >= 0.3 is 5.69 Å². The fraction of sp³-hybridized carbons (Fsp3) is 0.538. The van der Waals surface area contributed by atoms with E-state index >= 15 is 0 Å². The zero-order valence-corrected chi connectivity index (χ0v) is 12.4. The molecule has 0 atom stereocenters. The van der Waals surface area contributed by atoms with Crippen LogP contribution in [-0.4, -0.2) is 19.9 Å². The second-order valence-corrected chi connectivity index (χ2v) is 7.04. The maximum absolute atomic E-state index is 12.3. The Morgan fingerprint density at radius 1 is 1.29 bits per heavy atom. The maximum atomic E-state index is 12.3. The molecule has 116 valence electrons. The molecule has 3 N–H and O–H groups in total. The summed E-state index contributed by atoms with van der Waals surface area (Å²) in [5.74, 6) is 0.300. The van der Waals surface area contributed by atoms with E-state index in [4.69, 9.17) is 5.73 Å². The summed E-state index contributed by atoms with van der Waals surface area (Å²) in [6, 6.07) is 3.92. The smallest absolute Gasteiger partial charge is 0.312 e. The molecule has 21 heavy (non-hydrogen) atoms. The van der Waals surface area contributed by atoms with E-state index in [1.54, 1.807) is 0 Å². The van der Waals surface area contributed by atoms with Crippen LogP contribution in [0.1, 0.15) is 32.1 Å². The Morgan fingerprint density at radius 2 is 1.95 bits per heavy atom. The molecule has 0 aliphatic heterocycles. The van der Waals surface area contributed by atoms with Crippen LogP contribution in [0.15, 0.2) is 23.1 Å². The number of nitrogen functional groups attached to an aromatic ring is 1. The molecule has 0 spiro atoms. The Morgan fingerprint density at radius 3 is 2.57 bits per heavy atom. The number of hydrogen-bond donors (Lipinski definition) is 2. The zero-order chi connectivity index (χ0) is 15.5. The van der Waals surface area contributed by atoms with Gasteiger partial charge in [-0.3, -0.25) is 10.1 Å². The van der Waals surface area contributed by atoms with Gasteiger partial charge in [0.05, 0.1) is 4.92 Å². The highest BCUT2D eigenvalue weighted by atomic mass is 32.2. The molecule has 7 nitrogen and oxygen atoms in total. The lowest BCUT2D eigenvalue weighted by Gasteiger charge is -2.21. The van der Waals surface area contributed by atoms with Crippen molar-refractivity contribution in [2.75, 3.05) is 12.3 Å². The molecule has 0 unspecified atom stereocenters. The zero-order valence-electron chi connectivity index (χ0n) is 11.6. The van der Waals surface area contributed by atoms with Gasteiger partial charge in [-0.1, -0.05) is 25.3 Å². The maximum Gasteiger partial charge on any atom is 0.312 e. The first-order valence-electron chi connectivity index (χ1n) is 6.94. The minimum atomic E-state index is -3.93. The predicted octanol–water partition coefficient (Wildman–Crippen LogP) is 2.04. The minimum absolute atomic E-state index is 0.152. The number of nitro groups is 1. The monoisotopic (exact) mass is 313 g/mol. The molecule has 0 heterocycles. The van der Waals surface area contributed by atoms with Crippen molar-refractivity contribution in [3.05, 3.63) is 28.3 Å². The van der Waals surface area contributed by atoms with Gasteiger partial charge in [0.15, 0.2) is 4.90 Å². The Balaban J connectivity index is 2.19. The summed E-state index contributed by atoms with van der Waals surface area (Å²) in [5.41, 5.74) is 4.81. The van der Waals surface area contributed by atoms with Crippen molar-refractivity contribution < 1.29 is 13.3 Å². The van der Waals surface area contributed by atoms with Gasteiger partial charge in [-0.25, -0.2) is 13.1 Å². The van der Waals surface area contributed by atoms with Crippen molar-refractivity contribution in [2.45, 2.75) is 37.0 Å². The largest absolute Gasteiger partial charge is 0.393 e. The molecule has 8 heteroatoms. The first-order valence-corrected chi connectivity index (χ1v) is 8.42. The number of para-hydroxylation sites is 1. The van der Waals surface area contributed by atoms with Crippen LogP contribution in [-0.2, 0) is 10.0 Å². The quantitative estimate of drug-likeness (QED) is 0.490. The average Bonchev–Trinajstić information content (AvgIpc) is 2.46. The second-order valence-electron chi connectivity index (χ2n) is 5.31.